The van der Waals surface area contributed by atoms with E-state index in [9.17, 15) is 10.2 Å². The van der Waals surface area contributed by atoms with Crippen LogP contribution in [0, 0.1) is 0 Å². The number of nitrogens with one attached hydrogen (secondary N) is 1. The highest BCUT2D eigenvalue weighted by Gasteiger charge is 2.23. The fourth-order valence-electron chi connectivity index (χ4n) is 2.62. The van der Waals surface area contributed by atoms with Gasteiger partial charge < -0.3 is 20.3 Å². The molecule has 0 aromatic heterocycles. The summed E-state index contributed by atoms with van der Waals surface area (Å²) >= 11 is 3.36. The van der Waals surface area contributed by atoms with Crippen LogP contribution in [0.25, 0.3) is 0 Å². The number of piperazine rings is 1. The Balaban J connectivity index is 0.00000220. The van der Waals surface area contributed by atoms with Crippen LogP contribution in [0.5, 0.6) is 11.5 Å². The van der Waals surface area contributed by atoms with Crippen LogP contribution in [0.15, 0.2) is 16.6 Å². The third-order valence-electron chi connectivity index (χ3n) is 3.65. The summed E-state index contributed by atoms with van der Waals surface area (Å²) in [6.07, 6.45) is 0.667. The van der Waals surface area contributed by atoms with Gasteiger partial charge in [-0.1, -0.05) is 0 Å². The standard InChI is InChI=1S/C14H21BrN2O3.ClH/c1-20-13-9-10(8-11(15)14(13)19)12(2-7-18)17-5-3-16-4-6-17;/h8-9,12,16,18-19H,2-7H2,1H3;1H/t12-;/m0./s1. The summed E-state index contributed by atoms with van der Waals surface area (Å²) in [4.78, 5) is 2.35. The zero-order valence-corrected chi connectivity index (χ0v) is 14.4. The number of phenols is 1. The van der Waals surface area contributed by atoms with Gasteiger partial charge in [-0.05, 0) is 40.0 Å². The quantitative estimate of drug-likeness (QED) is 0.727. The highest BCUT2D eigenvalue weighted by atomic mass is 79.9. The molecule has 0 radical (unpaired) electrons. The average Bonchev–Trinajstić information content (AvgIpc) is 2.48. The van der Waals surface area contributed by atoms with Crippen molar-refractivity contribution in [3.05, 3.63) is 22.2 Å². The predicted molar refractivity (Wildman–Crippen MR) is 88.5 cm³/mol. The smallest absolute Gasteiger partial charge is 0.172 e. The minimum atomic E-state index is 0. The van der Waals surface area contributed by atoms with Crippen molar-refractivity contribution in [1.29, 1.82) is 0 Å². The molecule has 0 bridgehead atoms. The maximum Gasteiger partial charge on any atom is 0.172 e. The molecular formula is C14H22BrClN2O3. The monoisotopic (exact) mass is 380 g/mol. The summed E-state index contributed by atoms with van der Waals surface area (Å²) in [7, 11) is 1.54. The van der Waals surface area contributed by atoms with Crippen LogP contribution in [0.2, 0.25) is 0 Å². The second kappa shape index (κ2) is 8.80. The minimum Gasteiger partial charge on any atom is -0.503 e. The van der Waals surface area contributed by atoms with Gasteiger partial charge in [-0.15, -0.1) is 12.4 Å². The molecule has 1 aromatic rings. The van der Waals surface area contributed by atoms with Gasteiger partial charge in [0.25, 0.3) is 0 Å². The number of ether oxygens (including phenoxy) is 1. The fourth-order valence-corrected chi connectivity index (χ4v) is 3.08. The first kappa shape index (κ1) is 18.5. The molecule has 1 aromatic carbocycles. The van der Waals surface area contributed by atoms with Crippen molar-refractivity contribution in [1.82, 2.24) is 10.2 Å². The summed E-state index contributed by atoms with van der Waals surface area (Å²) in [6.45, 7) is 3.95. The number of nitrogens with zero attached hydrogens (tertiary/aromatic N) is 1. The van der Waals surface area contributed by atoms with Crippen molar-refractivity contribution in [3.8, 4) is 11.5 Å². The van der Waals surface area contributed by atoms with E-state index >= 15 is 0 Å². The third kappa shape index (κ3) is 4.47. The van der Waals surface area contributed by atoms with E-state index in [0.717, 1.165) is 31.7 Å². The Morgan fingerprint density at radius 1 is 1.38 bits per heavy atom. The zero-order chi connectivity index (χ0) is 14.5. The van der Waals surface area contributed by atoms with Crippen molar-refractivity contribution in [2.75, 3.05) is 39.9 Å². The number of hydrogen-bond donors (Lipinski definition) is 3. The van der Waals surface area contributed by atoms with Gasteiger partial charge in [-0.3, -0.25) is 4.90 Å². The molecule has 7 heteroatoms. The number of benzene rings is 1. The highest BCUT2D eigenvalue weighted by molar-refractivity contribution is 9.10. The molecule has 0 unspecified atom stereocenters. The molecule has 120 valence electrons. The first-order valence-electron chi connectivity index (χ1n) is 6.79. The highest BCUT2D eigenvalue weighted by Crippen LogP contribution is 2.38. The summed E-state index contributed by atoms with van der Waals surface area (Å²) in [5.74, 6) is 0.562. The molecule has 0 amide bonds. The van der Waals surface area contributed by atoms with Gasteiger partial charge in [0, 0.05) is 38.8 Å². The van der Waals surface area contributed by atoms with E-state index in [1.807, 2.05) is 12.1 Å². The average molecular weight is 382 g/mol. The molecule has 0 saturated carbocycles. The van der Waals surface area contributed by atoms with Gasteiger partial charge >= 0.3 is 0 Å². The van der Waals surface area contributed by atoms with E-state index in [0.29, 0.717) is 16.6 Å². The first-order chi connectivity index (χ1) is 9.67. The number of aliphatic hydroxyl groups is 1. The Morgan fingerprint density at radius 3 is 2.62 bits per heavy atom. The number of phenolic OH excluding ortho intramolecular Hbond substituents is 1. The second-order valence-electron chi connectivity index (χ2n) is 4.87. The Morgan fingerprint density at radius 2 is 2.05 bits per heavy atom. The molecule has 1 aliphatic rings. The van der Waals surface area contributed by atoms with Crippen molar-refractivity contribution < 1.29 is 14.9 Å². The summed E-state index contributed by atoms with van der Waals surface area (Å²) in [6, 6.07) is 3.88. The van der Waals surface area contributed by atoms with E-state index < -0.39 is 0 Å². The number of aromatic hydroxyl groups is 1. The number of aliphatic hydroxyl groups excluding tert-OH is 1. The Labute approximate surface area is 139 Å². The van der Waals surface area contributed by atoms with Crippen molar-refractivity contribution in [3.63, 3.8) is 0 Å². The SMILES string of the molecule is COc1cc([C@H](CCO)N2CCNCC2)cc(Br)c1O.Cl. The molecule has 2 rings (SSSR count). The van der Waals surface area contributed by atoms with Crippen molar-refractivity contribution in [2.24, 2.45) is 0 Å². The van der Waals surface area contributed by atoms with Gasteiger partial charge in [0.1, 0.15) is 0 Å². The molecule has 1 saturated heterocycles. The normalized spacial score (nSPS) is 17.1. The van der Waals surface area contributed by atoms with Crippen LogP contribution < -0.4 is 10.1 Å². The zero-order valence-electron chi connectivity index (χ0n) is 12.0. The molecule has 1 aliphatic heterocycles. The maximum absolute atomic E-state index is 9.90. The van der Waals surface area contributed by atoms with Crippen LogP contribution in [0.1, 0.15) is 18.0 Å². The minimum absolute atomic E-state index is 0. The maximum atomic E-state index is 9.90. The fraction of sp³-hybridized carbons (Fsp3) is 0.571. The lowest BCUT2D eigenvalue weighted by Crippen LogP contribution is -2.45. The van der Waals surface area contributed by atoms with Crippen molar-refractivity contribution >= 4 is 28.3 Å². The molecule has 5 nitrogen and oxygen atoms in total. The second-order valence-corrected chi connectivity index (χ2v) is 5.72. The number of halogens is 2. The van der Waals surface area contributed by atoms with E-state index in [-0.39, 0.29) is 30.8 Å². The van der Waals surface area contributed by atoms with Crippen molar-refractivity contribution in [2.45, 2.75) is 12.5 Å². The Hall–Kier alpha value is -0.530. The van der Waals surface area contributed by atoms with Gasteiger partial charge in [0.2, 0.25) is 0 Å². The molecule has 3 N–H and O–H groups in total. The molecule has 0 spiro atoms. The molecule has 1 heterocycles. The van der Waals surface area contributed by atoms with E-state index in [1.165, 1.54) is 7.11 Å². The molecule has 21 heavy (non-hydrogen) atoms. The first-order valence-corrected chi connectivity index (χ1v) is 7.58. The number of rotatable bonds is 5. The predicted octanol–water partition coefficient (Wildman–Crippen LogP) is 1.91. The molecule has 1 atom stereocenters. The van der Waals surface area contributed by atoms with Gasteiger partial charge in [0.15, 0.2) is 11.5 Å². The van der Waals surface area contributed by atoms with Gasteiger partial charge in [-0.25, -0.2) is 0 Å². The Kier molecular flexibility index (Phi) is 7.76. The van der Waals surface area contributed by atoms with E-state index in [2.05, 4.69) is 26.1 Å². The largest absolute Gasteiger partial charge is 0.503 e. The van der Waals surface area contributed by atoms with Crippen LogP contribution in [0.3, 0.4) is 0 Å². The Bertz CT molecular complexity index is 456. The molecule has 1 fully saturated rings. The van der Waals surface area contributed by atoms with E-state index in [1.54, 1.807) is 0 Å². The number of hydrogen-bond acceptors (Lipinski definition) is 5. The summed E-state index contributed by atoms with van der Waals surface area (Å²) in [5, 5.41) is 22.6. The van der Waals surface area contributed by atoms with Crippen LogP contribution in [0.4, 0.5) is 0 Å². The molecular weight excluding hydrogens is 360 g/mol. The lowest BCUT2D eigenvalue weighted by molar-refractivity contribution is 0.141. The van der Waals surface area contributed by atoms with Gasteiger partial charge in [-0.2, -0.15) is 0 Å². The van der Waals surface area contributed by atoms with E-state index in [4.69, 9.17) is 4.74 Å². The summed E-state index contributed by atoms with van der Waals surface area (Å²) < 4.78 is 5.82. The summed E-state index contributed by atoms with van der Waals surface area (Å²) in [5.41, 5.74) is 1.04. The topological polar surface area (TPSA) is 65.0 Å². The van der Waals surface area contributed by atoms with Gasteiger partial charge in [0.05, 0.1) is 11.6 Å². The van der Waals surface area contributed by atoms with Crippen LogP contribution in [-0.2, 0) is 0 Å². The lowest BCUT2D eigenvalue weighted by atomic mass is 10.0. The lowest BCUT2D eigenvalue weighted by Gasteiger charge is -2.35. The van der Waals surface area contributed by atoms with Crippen LogP contribution >= 0.6 is 28.3 Å². The number of methoxy groups -OCH3 is 1. The third-order valence-corrected chi connectivity index (χ3v) is 4.25. The molecule has 0 aliphatic carbocycles. The van der Waals surface area contributed by atoms with Crippen LogP contribution in [-0.4, -0.2) is 55.0 Å².